The van der Waals surface area contributed by atoms with Crippen molar-refractivity contribution in [1.82, 2.24) is 19.5 Å². The van der Waals surface area contributed by atoms with Gasteiger partial charge < -0.3 is 10.3 Å². The average Bonchev–Trinajstić information content (AvgIpc) is 2.82. The van der Waals surface area contributed by atoms with Gasteiger partial charge in [-0.1, -0.05) is 36.5 Å². The van der Waals surface area contributed by atoms with E-state index in [2.05, 4.69) is 14.9 Å². The van der Waals surface area contributed by atoms with Gasteiger partial charge in [-0.15, -0.1) is 10.2 Å². The van der Waals surface area contributed by atoms with Crippen molar-refractivity contribution in [3.8, 4) is 0 Å². The number of hydrogen-bond acceptors (Lipinski definition) is 5. The summed E-state index contributed by atoms with van der Waals surface area (Å²) in [6.07, 6.45) is 1.51. The van der Waals surface area contributed by atoms with Crippen molar-refractivity contribution in [2.24, 2.45) is 12.8 Å². The molecule has 0 spiro atoms. The molecule has 0 aliphatic carbocycles. The first kappa shape index (κ1) is 15.5. The minimum Gasteiger partial charge on any atom is -0.389 e. The number of thiocarbonyl (C=S) groups is 1. The summed E-state index contributed by atoms with van der Waals surface area (Å²) >= 11 is 4.85. The number of aromatic nitrogens is 3. The standard InChI is InChI=1S/C12H15N5O2S2/c1-17-8-14-16-11(17)6-15-21(18,19)7-9-2-4-10(5-3-9)12(13)20/h2-5,8,15H,6-7H2,1H3,(H2,13,20). The zero-order valence-electron chi connectivity index (χ0n) is 11.4. The van der Waals surface area contributed by atoms with Crippen LogP contribution in [0.2, 0.25) is 0 Å². The lowest BCUT2D eigenvalue weighted by molar-refractivity contribution is 0.576. The van der Waals surface area contributed by atoms with Crippen molar-refractivity contribution in [2.45, 2.75) is 12.3 Å². The highest BCUT2D eigenvalue weighted by Crippen LogP contribution is 2.08. The van der Waals surface area contributed by atoms with Crippen molar-refractivity contribution < 1.29 is 8.42 Å². The Morgan fingerprint density at radius 3 is 2.57 bits per heavy atom. The Kier molecular flexibility index (Phi) is 4.66. The van der Waals surface area contributed by atoms with Crippen LogP contribution in [0.1, 0.15) is 17.0 Å². The minimum absolute atomic E-state index is 0.101. The van der Waals surface area contributed by atoms with Gasteiger partial charge >= 0.3 is 0 Å². The van der Waals surface area contributed by atoms with Gasteiger partial charge in [-0.2, -0.15) is 0 Å². The Balaban J connectivity index is 2.00. The molecule has 0 aliphatic heterocycles. The number of sulfonamides is 1. The zero-order valence-corrected chi connectivity index (χ0v) is 13.0. The number of hydrogen-bond donors (Lipinski definition) is 2. The second-order valence-corrected chi connectivity index (χ2v) is 6.75. The number of rotatable bonds is 6. The first-order valence-electron chi connectivity index (χ1n) is 6.06. The molecular formula is C12H15N5O2S2. The van der Waals surface area contributed by atoms with E-state index in [1.807, 2.05) is 0 Å². The third-order valence-electron chi connectivity index (χ3n) is 2.85. The lowest BCUT2D eigenvalue weighted by Crippen LogP contribution is -2.26. The van der Waals surface area contributed by atoms with Crippen LogP contribution in [0.5, 0.6) is 0 Å². The second-order valence-electron chi connectivity index (χ2n) is 4.50. The van der Waals surface area contributed by atoms with Gasteiger partial charge in [0.2, 0.25) is 10.0 Å². The Morgan fingerprint density at radius 2 is 2.05 bits per heavy atom. The maximum Gasteiger partial charge on any atom is 0.216 e. The van der Waals surface area contributed by atoms with E-state index in [0.29, 0.717) is 17.0 Å². The maximum absolute atomic E-state index is 12.0. The molecule has 0 saturated heterocycles. The molecule has 112 valence electrons. The van der Waals surface area contributed by atoms with Crippen molar-refractivity contribution in [3.05, 3.63) is 47.5 Å². The molecule has 9 heteroatoms. The molecule has 3 N–H and O–H groups in total. The van der Waals surface area contributed by atoms with E-state index in [0.717, 1.165) is 0 Å². The number of aryl methyl sites for hydroxylation is 1. The van der Waals surface area contributed by atoms with Crippen LogP contribution in [0.25, 0.3) is 0 Å². The van der Waals surface area contributed by atoms with Crippen LogP contribution >= 0.6 is 12.2 Å². The van der Waals surface area contributed by atoms with Crippen LogP contribution in [0.3, 0.4) is 0 Å². The summed E-state index contributed by atoms with van der Waals surface area (Å²) in [5.74, 6) is 0.421. The third kappa shape index (κ3) is 4.31. The Hall–Kier alpha value is -1.84. The molecule has 1 aromatic heterocycles. The number of nitrogens with zero attached hydrogens (tertiary/aromatic N) is 3. The molecule has 0 aliphatic rings. The van der Waals surface area contributed by atoms with E-state index in [-0.39, 0.29) is 17.3 Å². The fraction of sp³-hybridized carbons (Fsp3) is 0.250. The van der Waals surface area contributed by atoms with Gasteiger partial charge in [0.15, 0.2) is 0 Å². The van der Waals surface area contributed by atoms with E-state index in [9.17, 15) is 8.42 Å². The highest BCUT2D eigenvalue weighted by atomic mass is 32.2. The molecule has 1 heterocycles. The number of nitrogens with two attached hydrogens (primary N) is 1. The quantitative estimate of drug-likeness (QED) is 0.729. The Labute approximate surface area is 128 Å². The molecule has 7 nitrogen and oxygen atoms in total. The molecule has 0 unspecified atom stereocenters. The predicted molar refractivity (Wildman–Crippen MR) is 82.8 cm³/mol. The molecule has 0 saturated carbocycles. The van der Waals surface area contributed by atoms with Crippen molar-refractivity contribution >= 4 is 27.2 Å². The number of benzene rings is 1. The van der Waals surface area contributed by atoms with Gasteiger partial charge in [0, 0.05) is 12.6 Å². The maximum atomic E-state index is 12.0. The SMILES string of the molecule is Cn1cnnc1CNS(=O)(=O)Cc1ccc(C(N)=S)cc1. The molecule has 2 aromatic rings. The van der Waals surface area contributed by atoms with Crippen LogP contribution in [0, 0.1) is 0 Å². The van der Waals surface area contributed by atoms with Gasteiger partial charge in [-0.3, -0.25) is 0 Å². The lowest BCUT2D eigenvalue weighted by atomic mass is 10.1. The second kappa shape index (κ2) is 6.29. The fourth-order valence-electron chi connectivity index (χ4n) is 1.68. The molecule has 0 atom stereocenters. The average molecular weight is 325 g/mol. The van der Waals surface area contributed by atoms with E-state index in [1.165, 1.54) is 6.33 Å². The van der Waals surface area contributed by atoms with Crippen LogP contribution in [-0.2, 0) is 29.4 Å². The molecule has 0 fully saturated rings. The summed E-state index contributed by atoms with van der Waals surface area (Å²) in [5, 5.41) is 7.50. The molecule has 0 amide bonds. The van der Waals surface area contributed by atoms with Gasteiger partial charge in [0.25, 0.3) is 0 Å². The highest BCUT2D eigenvalue weighted by Gasteiger charge is 2.13. The van der Waals surface area contributed by atoms with Gasteiger partial charge in [0.1, 0.15) is 17.1 Å². The van der Waals surface area contributed by atoms with Gasteiger partial charge in [0.05, 0.1) is 12.3 Å². The van der Waals surface area contributed by atoms with Crippen LogP contribution < -0.4 is 10.5 Å². The first-order chi connectivity index (χ1) is 9.87. The Bertz CT molecular complexity index is 737. The third-order valence-corrected chi connectivity index (χ3v) is 4.38. The molecule has 2 rings (SSSR count). The molecule has 0 bridgehead atoms. The Morgan fingerprint density at radius 1 is 1.38 bits per heavy atom. The van der Waals surface area contributed by atoms with E-state index in [1.54, 1.807) is 35.9 Å². The van der Waals surface area contributed by atoms with Gasteiger partial charge in [-0.25, -0.2) is 13.1 Å². The zero-order chi connectivity index (χ0) is 15.5. The summed E-state index contributed by atoms with van der Waals surface area (Å²) in [5.41, 5.74) is 6.85. The molecular weight excluding hydrogens is 310 g/mol. The van der Waals surface area contributed by atoms with Gasteiger partial charge in [-0.05, 0) is 5.56 Å². The predicted octanol–water partition coefficient (Wildman–Crippen LogP) is 0.0689. The van der Waals surface area contributed by atoms with E-state index in [4.69, 9.17) is 18.0 Å². The highest BCUT2D eigenvalue weighted by molar-refractivity contribution is 7.88. The summed E-state index contributed by atoms with van der Waals surface area (Å²) in [6.45, 7) is 0.101. The topological polar surface area (TPSA) is 103 Å². The molecule has 21 heavy (non-hydrogen) atoms. The first-order valence-corrected chi connectivity index (χ1v) is 8.12. The number of nitrogens with one attached hydrogen (secondary N) is 1. The lowest BCUT2D eigenvalue weighted by Gasteiger charge is -2.07. The molecule has 1 aromatic carbocycles. The minimum atomic E-state index is -3.46. The van der Waals surface area contributed by atoms with Crippen molar-refractivity contribution in [2.75, 3.05) is 0 Å². The molecule has 0 radical (unpaired) electrons. The summed E-state index contributed by atoms with van der Waals surface area (Å²) in [6, 6.07) is 6.79. The van der Waals surface area contributed by atoms with Crippen LogP contribution in [0.4, 0.5) is 0 Å². The summed E-state index contributed by atoms with van der Waals surface area (Å²) in [4.78, 5) is 0.282. The smallest absolute Gasteiger partial charge is 0.216 e. The fourth-order valence-corrected chi connectivity index (χ4v) is 2.90. The van der Waals surface area contributed by atoms with E-state index < -0.39 is 10.0 Å². The monoisotopic (exact) mass is 325 g/mol. The normalized spacial score (nSPS) is 11.5. The van der Waals surface area contributed by atoms with Crippen molar-refractivity contribution in [3.63, 3.8) is 0 Å². The largest absolute Gasteiger partial charge is 0.389 e. The van der Waals surface area contributed by atoms with Crippen LogP contribution in [-0.4, -0.2) is 28.2 Å². The van der Waals surface area contributed by atoms with Crippen LogP contribution in [0.15, 0.2) is 30.6 Å². The summed E-state index contributed by atoms with van der Waals surface area (Å²) in [7, 11) is -1.71. The van der Waals surface area contributed by atoms with E-state index >= 15 is 0 Å². The summed E-state index contributed by atoms with van der Waals surface area (Å²) < 4.78 is 28.2. The van der Waals surface area contributed by atoms with Crippen molar-refractivity contribution in [1.29, 1.82) is 0 Å².